The maximum absolute atomic E-state index is 11.9. The maximum Gasteiger partial charge on any atom is 0.236 e. The molecule has 1 rings (SSSR count). The first-order chi connectivity index (χ1) is 8.47. The molecular weight excluding hydrogens is 226 g/mol. The maximum atomic E-state index is 11.9. The van der Waals surface area contributed by atoms with Crippen molar-refractivity contribution in [1.82, 2.24) is 10.2 Å². The molecule has 1 saturated heterocycles. The van der Waals surface area contributed by atoms with Gasteiger partial charge in [-0.15, -0.1) is 0 Å². The Morgan fingerprint density at radius 2 is 2.06 bits per heavy atom. The number of carbonyl (C=O) groups excluding carboxylic acids is 1. The lowest BCUT2D eigenvalue weighted by Crippen LogP contribution is -2.47. The first-order valence-corrected chi connectivity index (χ1v) is 7.19. The summed E-state index contributed by atoms with van der Waals surface area (Å²) in [5.74, 6) is 0.0172. The third-order valence-corrected chi connectivity index (χ3v) is 4.09. The van der Waals surface area contributed by atoms with Crippen LogP contribution in [0.4, 0.5) is 0 Å². The summed E-state index contributed by atoms with van der Waals surface area (Å²) >= 11 is 0. The van der Waals surface area contributed by atoms with E-state index >= 15 is 0 Å². The van der Waals surface area contributed by atoms with Gasteiger partial charge in [0, 0.05) is 6.54 Å². The van der Waals surface area contributed by atoms with Crippen LogP contribution in [0.2, 0.25) is 0 Å². The minimum absolute atomic E-state index is 0.0172. The Labute approximate surface area is 111 Å². The van der Waals surface area contributed by atoms with E-state index in [2.05, 4.69) is 31.1 Å². The number of rotatable bonds is 6. The average molecular weight is 255 g/mol. The molecule has 0 aromatic carbocycles. The molecule has 1 heterocycles. The van der Waals surface area contributed by atoms with E-state index in [-0.39, 0.29) is 17.4 Å². The van der Waals surface area contributed by atoms with Crippen molar-refractivity contribution >= 4 is 5.91 Å². The molecule has 18 heavy (non-hydrogen) atoms. The monoisotopic (exact) mass is 255 g/mol. The van der Waals surface area contributed by atoms with Crippen molar-refractivity contribution in [3.05, 3.63) is 0 Å². The second-order valence-electron chi connectivity index (χ2n) is 6.08. The zero-order valence-corrected chi connectivity index (χ0v) is 12.2. The van der Waals surface area contributed by atoms with Gasteiger partial charge in [0.15, 0.2) is 0 Å². The normalized spacial score (nSPS) is 21.6. The van der Waals surface area contributed by atoms with E-state index in [0.29, 0.717) is 0 Å². The molecular formula is C14H29N3O. The van der Waals surface area contributed by atoms with Crippen LogP contribution in [0.5, 0.6) is 0 Å². The van der Waals surface area contributed by atoms with E-state index in [1.165, 1.54) is 0 Å². The molecule has 4 nitrogen and oxygen atoms in total. The van der Waals surface area contributed by atoms with E-state index in [4.69, 9.17) is 5.73 Å². The summed E-state index contributed by atoms with van der Waals surface area (Å²) in [4.78, 5) is 14.2. The molecule has 1 fully saturated rings. The molecule has 0 aromatic heterocycles. The molecule has 1 aliphatic rings. The highest BCUT2D eigenvalue weighted by Gasteiger charge is 2.29. The van der Waals surface area contributed by atoms with Gasteiger partial charge in [0.25, 0.3) is 0 Å². The summed E-state index contributed by atoms with van der Waals surface area (Å²) in [6, 6.07) is -0.334. The van der Waals surface area contributed by atoms with Gasteiger partial charge in [0.05, 0.1) is 6.04 Å². The molecule has 0 aliphatic carbocycles. The lowest BCUT2D eigenvalue weighted by atomic mass is 9.80. The number of carbonyl (C=O) groups is 1. The second kappa shape index (κ2) is 7.10. The second-order valence-corrected chi connectivity index (χ2v) is 6.08. The van der Waals surface area contributed by atoms with Crippen LogP contribution in [0.15, 0.2) is 0 Å². The molecule has 106 valence electrons. The van der Waals surface area contributed by atoms with Crippen molar-refractivity contribution in [3.8, 4) is 0 Å². The summed E-state index contributed by atoms with van der Waals surface area (Å²) in [6.45, 7) is 7.38. The number of unbranched alkanes of at least 4 members (excludes halogenated alkanes) is 1. The van der Waals surface area contributed by atoms with Crippen molar-refractivity contribution in [1.29, 1.82) is 0 Å². The van der Waals surface area contributed by atoms with E-state index < -0.39 is 0 Å². The lowest BCUT2D eigenvalue weighted by molar-refractivity contribution is -0.123. The Morgan fingerprint density at radius 1 is 1.44 bits per heavy atom. The number of nitrogens with two attached hydrogens (primary N) is 1. The van der Waals surface area contributed by atoms with Gasteiger partial charge in [0.2, 0.25) is 5.91 Å². The van der Waals surface area contributed by atoms with Gasteiger partial charge in [-0.05, 0) is 44.8 Å². The van der Waals surface area contributed by atoms with Gasteiger partial charge < -0.3 is 16.0 Å². The molecule has 0 spiro atoms. The predicted molar refractivity (Wildman–Crippen MR) is 75.3 cm³/mol. The van der Waals surface area contributed by atoms with Gasteiger partial charge in [-0.1, -0.05) is 26.7 Å². The number of piperidine rings is 1. The summed E-state index contributed by atoms with van der Waals surface area (Å²) in [7, 11) is 2.15. The largest absolute Gasteiger partial charge is 0.354 e. The quantitative estimate of drug-likeness (QED) is 0.753. The van der Waals surface area contributed by atoms with Crippen molar-refractivity contribution in [2.45, 2.75) is 52.0 Å². The minimum atomic E-state index is -0.334. The Kier molecular flexibility index (Phi) is 6.09. The summed E-state index contributed by atoms with van der Waals surface area (Å²) < 4.78 is 0. The smallest absolute Gasteiger partial charge is 0.236 e. The lowest BCUT2D eigenvalue weighted by Gasteiger charge is -2.38. The topological polar surface area (TPSA) is 58.4 Å². The van der Waals surface area contributed by atoms with Gasteiger partial charge >= 0.3 is 0 Å². The van der Waals surface area contributed by atoms with Crippen LogP contribution < -0.4 is 11.1 Å². The Morgan fingerprint density at radius 3 is 2.61 bits per heavy atom. The Balaban J connectivity index is 2.29. The molecule has 1 atom stereocenters. The van der Waals surface area contributed by atoms with Crippen LogP contribution in [0.3, 0.4) is 0 Å². The average Bonchev–Trinajstić information content (AvgIpc) is 2.37. The van der Waals surface area contributed by atoms with Crippen molar-refractivity contribution in [2.75, 3.05) is 26.7 Å². The molecule has 0 bridgehead atoms. The van der Waals surface area contributed by atoms with E-state index in [9.17, 15) is 4.79 Å². The minimum Gasteiger partial charge on any atom is -0.354 e. The highest BCUT2D eigenvalue weighted by atomic mass is 16.2. The van der Waals surface area contributed by atoms with Gasteiger partial charge in [0.1, 0.15) is 0 Å². The number of amides is 1. The fraction of sp³-hybridized carbons (Fsp3) is 0.929. The van der Waals surface area contributed by atoms with Crippen molar-refractivity contribution in [2.24, 2.45) is 11.1 Å². The van der Waals surface area contributed by atoms with Crippen LogP contribution in [0, 0.1) is 5.41 Å². The van der Waals surface area contributed by atoms with Crippen molar-refractivity contribution in [3.63, 3.8) is 0 Å². The fourth-order valence-electron chi connectivity index (χ4n) is 2.32. The summed E-state index contributed by atoms with van der Waals surface area (Å²) in [5, 5.41) is 3.03. The number of hydrogen-bond acceptors (Lipinski definition) is 3. The zero-order valence-electron chi connectivity index (χ0n) is 12.2. The highest BCUT2D eigenvalue weighted by molar-refractivity contribution is 5.81. The molecule has 1 aliphatic heterocycles. The number of nitrogens with zero attached hydrogens (tertiary/aromatic N) is 1. The summed E-state index contributed by atoms with van der Waals surface area (Å²) in [5.41, 5.74) is 6.11. The molecule has 1 amide bonds. The van der Waals surface area contributed by atoms with Crippen molar-refractivity contribution < 1.29 is 4.79 Å². The number of nitrogens with one attached hydrogen (secondary N) is 1. The number of likely N-dealkylation sites (tertiary alicyclic amines) is 1. The Bertz CT molecular complexity index is 260. The molecule has 0 aromatic rings. The van der Waals surface area contributed by atoms with Crippen LogP contribution in [0.1, 0.15) is 46.0 Å². The first-order valence-electron chi connectivity index (χ1n) is 7.19. The standard InChI is InChI=1S/C14H29N3O/c1-4-5-6-12(15)13(18)16-11-14(2)7-9-17(3)10-8-14/h12H,4-11,15H2,1-3H3,(H,16,18)/t12-/m0/s1. The third-order valence-electron chi connectivity index (χ3n) is 4.09. The number of hydrogen-bond donors (Lipinski definition) is 2. The van der Waals surface area contributed by atoms with Crippen LogP contribution in [0.25, 0.3) is 0 Å². The van der Waals surface area contributed by atoms with E-state index in [1.54, 1.807) is 0 Å². The third kappa shape index (κ3) is 4.94. The van der Waals surface area contributed by atoms with E-state index in [1.807, 2.05) is 0 Å². The van der Waals surface area contributed by atoms with Crippen LogP contribution in [-0.2, 0) is 4.79 Å². The zero-order chi connectivity index (χ0) is 13.6. The van der Waals surface area contributed by atoms with Gasteiger partial charge in [-0.2, -0.15) is 0 Å². The molecule has 0 radical (unpaired) electrons. The molecule has 0 saturated carbocycles. The van der Waals surface area contributed by atoms with Crippen LogP contribution in [-0.4, -0.2) is 43.5 Å². The van der Waals surface area contributed by atoms with Gasteiger partial charge in [-0.25, -0.2) is 0 Å². The van der Waals surface area contributed by atoms with Crippen LogP contribution >= 0.6 is 0 Å². The summed E-state index contributed by atoms with van der Waals surface area (Å²) in [6.07, 6.45) is 5.20. The fourth-order valence-corrected chi connectivity index (χ4v) is 2.32. The van der Waals surface area contributed by atoms with Gasteiger partial charge in [-0.3, -0.25) is 4.79 Å². The predicted octanol–water partition coefficient (Wildman–Crippen LogP) is 1.35. The van der Waals surface area contributed by atoms with E-state index in [0.717, 1.165) is 51.7 Å². The highest BCUT2D eigenvalue weighted by Crippen LogP contribution is 2.29. The SMILES string of the molecule is CCCC[C@H](N)C(=O)NCC1(C)CCN(C)CC1. The molecule has 0 unspecified atom stereocenters. The molecule has 4 heteroatoms. The Hall–Kier alpha value is -0.610. The molecule has 3 N–H and O–H groups in total. The first kappa shape index (κ1) is 15.4.